The van der Waals surface area contributed by atoms with Gasteiger partial charge in [-0.2, -0.15) is 4.68 Å². The Balaban J connectivity index is 1.82. The minimum atomic E-state index is -0.912. The molecule has 0 saturated carbocycles. The maximum absolute atomic E-state index is 14.7. The van der Waals surface area contributed by atoms with Crippen LogP contribution in [0.2, 0.25) is 5.02 Å². The molecule has 2 aromatic carbocycles. The molecule has 4 rings (SSSR count). The van der Waals surface area contributed by atoms with E-state index in [1.807, 2.05) is 25.1 Å². The molecule has 1 aliphatic rings. The fourth-order valence-electron chi connectivity index (χ4n) is 3.27. The van der Waals surface area contributed by atoms with Gasteiger partial charge in [-0.05, 0) is 54.1 Å². The summed E-state index contributed by atoms with van der Waals surface area (Å²) in [5.74, 6) is -0.649. The number of tetrazole rings is 1. The lowest BCUT2D eigenvalue weighted by Crippen LogP contribution is -2.32. The fraction of sp³-hybridized carbons (Fsp3) is 0.158. The predicted molar refractivity (Wildman–Crippen MR) is 103 cm³/mol. The number of anilines is 2. The highest BCUT2D eigenvalue weighted by atomic mass is 35.5. The van der Waals surface area contributed by atoms with Gasteiger partial charge in [0, 0.05) is 22.0 Å². The van der Waals surface area contributed by atoms with Gasteiger partial charge in [-0.3, -0.25) is 4.79 Å². The molecule has 0 bridgehead atoms. The van der Waals surface area contributed by atoms with Crippen LogP contribution in [-0.2, 0) is 4.79 Å². The van der Waals surface area contributed by atoms with Crippen molar-refractivity contribution >= 4 is 29.1 Å². The predicted octanol–water partition coefficient (Wildman–Crippen LogP) is 3.70. The van der Waals surface area contributed by atoms with Crippen LogP contribution in [0.5, 0.6) is 0 Å². The highest BCUT2D eigenvalue weighted by Crippen LogP contribution is 2.39. The molecule has 0 saturated heterocycles. The van der Waals surface area contributed by atoms with Crippen molar-refractivity contribution in [3.05, 3.63) is 75.7 Å². The lowest BCUT2D eigenvalue weighted by Gasteiger charge is -2.28. The standard InChI is InChI=1S/C19H16ClFN6O/c1-10-5-3-6-12(9-10)23-18(28)15-11(2)22-19-24-25-26-27(19)17(15)16-13(20)7-4-8-14(16)21/h3-9,17H,1-2H3,(H,23,28)(H,22,24,26). The van der Waals surface area contributed by atoms with Crippen molar-refractivity contribution in [2.75, 3.05) is 10.6 Å². The van der Waals surface area contributed by atoms with Crippen molar-refractivity contribution in [3.63, 3.8) is 0 Å². The Morgan fingerprint density at radius 3 is 2.79 bits per heavy atom. The number of fused-ring (bicyclic) bond motifs is 1. The van der Waals surface area contributed by atoms with Crippen molar-refractivity contribution in [3.8, 4) is 0 Å². The number of aromatic nitrogens is 4. The normalized spacial score (nSPS) is 15.8. The smallest absolute Gasteiger partial charge is 0.255 e. The molecule has 28 heavy (non-hydrogen) atoms. The first-order chi connectivity index (χ1) is 13.5. The van der Waals surface area contributed by atoms with Gasteiger partial charge in [-0.25, -0.2) is 4.39 Å². The second-order valence-corrected chi connectivity index (χ2v) is 6.88. The molecular formula is C19H16ClFN6O. The molecule has 0 spiro atoms. The lowest BCUT2D eigenvalue weighted by molar-refractivity contribution is -0.113. The molecule has 1 aromatic heterocycles. The zero-order chi connectivity index (χ0) is 19.8. The van der Waals surface area contributed by atoms with Gasteiger partial charge in [0.2, 0.25) is 5.95 Å². The van der Waals surface area contributed by atoms with Crippen LogP contribution in [0.3, 0.4) is 0 Å². The number of aryl methyl sites for hydroxylation is 1. The zero-order valence-corrected chi connectivity index (χ0v) is 15.8. The van der Waals surface area contributed by atoms with Crippen LogP contribution in [0.15, 0.2) is 53.7 Å². The topological polar surface area (TPSA) is 84.7 Å². The van der Waals surface area contributed by atoms with E-state index in [9.17, 15) is 9.18 Å². The van der Waals surface area contributed by atoms with Crippen molar-refractivity contribution in [1.29, 1.82) is 0 Å². The summed E-state index contributed by atoms with van der Waals surface area (Å²) in [7, 11) is 0. The molecule has 7 nitrogen and oxygen atoms in total. The van der Waals surface area contributed by atoms with Crippen LogP contribution in [0.25, 0.3) is 0 Å². The molecule has 3 aromatic rings. The summed E-state index contributed by atoms with van der Waals surface area (Å²) >= 11 is 6.30. The number of hydrogen-bond donors (Lipinski definition) is 2. The Morgan fingerprint density at radius 2 is 2.04 bits per heavy atom. The van der Waals surface area contributed by atoms with Crippen LogP contribution in [-0.4, -0.2) is 26.1 Å². The van der Waals surface area contributed by atoms with Gasteiger partial charge in [-0.1, -0.05) is 34.9 Å². The van der Waals surface area contributed by atoms with Gasteiger partial charge in [0.25, 0.3) is 5.91 Å². The van der Waals surface area contributed by atoms with Gasteiger partial charge < -0.3 is 10.6 Å². The molecule has 2 heterocycles. The van der Waals surface area contributed by atoms with Gasteiger partial charge in [0.05, 0.1) is 5.57 Å². The first-order valence-electron chi connectivity index (χ1n) is 8.53. The van der Waals surface area contributed by atoms with E-state index >= 15 is 0 Å². The van der Waals surface area contributed by atoms with Gasteiger partial charge in [-0.15, -0.1) is 0 Å². The second kappa shape index (κ2) is 7.05. The average molecular weight is 399 g/mol. The number of allylic oxidation sites excluding steroid dienone is 1. The maximum atomic E-state index is 14.7. The quantitative estimate of drug-likeness (QED) is 0.702. The Hall–Kier alpha value is -3.26. The molecule has 1 aliphatic heterocycles. The van der Waals surface area contributed by atoms with E-state index in [1.54, 1.807) is 19.1 Å². The van der Waals surface area contributed by atoms with Crippen LogP contribution in [0.4, 0.5) is 16.0 Å². The van der Waals surface area contributed by atoms with Crippen molar-refractivity contribution in [1.82, 2.24) is 20.2 Å². The van der Waals surface area contributed by atoms with Crippen molar-refractivity contribution < 1.29 is 9.18 Å². The number of nitrogens with zero attached hydrogens (tertiary/aromatic N) is 4. The van der Waals surface area contributed by atoms with Crippen molar-refractivity contribution in [2.45, 2.75) is 19.9 Å². The summed E-state index contributed by atoms with van der Waals surface area (Å²) in [6.45, 7) is 3.64. The maximum Gasteiger partial charge on any atom is 0.255 e. The van der Waals surface area contributed by atoms with E-state index in [0.29, 0.717) is 17.3 Å². The molecule has 1 unspecified atom stereocenters. The van der Waals surface area contributed by atoms with E-state index in [2.05, 4.69) is 26.2 Å². The molecule has 142 valence electrons. The average Bonchev–Trinajstić information content (AvgIpc) is 3.09. The molecule has 0 fully saturated rings. The van der Waals surface area contributed by atoms with Gasteiger partial charge in [0.15, 0.2) is 0 Å². The summed E-state index contributed by atoms with van der Waals surface area (Å²) in [4.78, 5) is 13.2. The molecular weight excluding hydrogens is 383 g/mol. The zero-order valence-electron chi connectivity index (χ0n) is 15.1. The van der Waals surface area contributed by atoms with E-state index in [4.69, 9.17) is 11.6 Å². The summed E-state index contributed by atoms with van der Waals surface area (Å²) in [5.41, 5.74) is 2.55. The lowest BCUT2D eigenvalue weighted by atomic mass is 9.94. The number of amides is 1. The highest BCUT2D eigenvalue weighted by molar-refractivity contribution is 6.31. The van der Waals surface area contributed by atoms with E-state index in [0.717, 1.165) is 5.56 Å². The number of rotatable bonds is 3. The molecule has 9 heteroatoms. The third kappa shape index (κ3) is 3.11. The van der Waals surface area contributed by atoms with Crippen molar-refractivity contribution in [2.24, 2.45) is 0 Å². The Kier molecular flexibility index (Phi) is 4.56. The highest BCUT2D eigenvalue weighted by Gasteiger charge is 2.36. The number of halogens is 2. The number of nitrogens with one attached hydrogen (secondary N) is 2. The number of carbonyl (C=O) groups is 1. The number of benzene rings is 2. The molecule has 0 radical (unpaired) electrons. The SMILES string of the molecule is CC1=C(C(=O)Nc2cccc(C)c2)C(c2c(F)cccc2Cl)n2nnnc2N1. The minimum Gasteiger partial charge on any atom is -0.326 e. The summed E-state index contributed by atoms with van der Waals surface area (Å²) in [5, 5.41) is 17.5. The Labute approximate surface area is 165 Å². The third-order valence-electron chi connectivity index (χ3n) is 4.51. The molecule has 1 amide bonds. The summed E-state index contributed by atoms with van der Waals surface area (Å²) < 4.78 is 16.1. The van der Waals surface area contributed by atoms with Crippen LogP contribution in [0, 0.1) is 12.7 Å². The van der Waals surface area contributed by atoms with Crippen LogP contribution in [0.1, 0.15) is 24.1 Å². The fourth-order valence-corrected chi connectivity index (χ4v) is 3.53. The van der Waals surface area contributed by atoms with Gasteiger partial charge in [0.1, 0.15) is 11.9 Å². The summed E-state index contributed by atoms with van der Waals surface area (Å²) in [6.07, 6.45) is 0. The molecule has 0 aliphatic carbocycles. The monoisotopic (exact) mass is 398 g/mol. The number of carbonyl (C=O) groups excluding carboxylic acids is 1. The Bertz CT molecular complexity index is 1090. The number of hydrogen-bond acceptors (Lipinski definition) is 5. The second-order valence-electron chi connectivity index (χ2n) is 6.47. The first kappa shape index (κ1) is 18.1. The largest absolute Gasteiger partial charge is 0.326 e. The van der Waals surface area contributed by atoms with Crippen LogP contribution < -0.4 is 10.6 Å². The molecule has 2 N–H and O–H groups in total. The molecule has 1 atom stereocenters. The van der Waals surface area contributed by atoms with Gasteiger partial charge >= 0.3 is 0 Å². The van der Waals surface area contributed by atoms with E-state index in [1.165, 1.54) is 16.8 Å². The Morgan fingerprint density at radius 1 is 1.25 bits per heavy atom. The van der Waals surface area contributed by atoms with Crippen LogP contribution >= 0.6 is 11.6 Å². The minimum absolute atomic E-state index is 0.132. The summed E-state index contributed by atoms with van der Waals surface area (Å²) in [6, 6.07) is 10.8. The third-order valence-corrected chi connectivity index (χ3v) is 4.84. The first-order valence-corrected chi connectivity index (χ1v) is 8.91. The van der Waals surface area contributed by atoms with E-state index < -0.39 is 17.8 Å². The van der Waals surface area contributed by atoms with E-state index in [-0.39, 0.29) is 16.2 Å².